The number of carbonyl (C=O) groups excluding carboxylic acids is 2. The Bertz CT molecular complexity index is 552. The molecule has 1 aliphatic rings. The van der Waals surface area contributed by atoms with E-state index in [4.69, 9.17) is 4.74 Å². The minimum absolute atomic E-state index is 0.0706. The van der Waals surface area contributed by atoms with Gasteiger partial charge in [-0.25, -0.2) is 0 Å². The summed E-state index contributed by atoms with van der Waals surface area (Å²) in [5.74, 6) is 0.522. The fourth-order valence-electron chi connectivity index (χ4n) is 3.24. The fraction of sp³-hybridized carbons (Fsp3) is 0.579. The molecule has 0 radical (unpaired) electrons. The Morgan fingerprint density at radius 3 is 2.42 bits per heavy atom. The summed E-state index contributed by atoms with van der Waals surface area (Å²) in [6, 6.07) is 7.14. The zero-order valence-corrected chi connectivity index (χ0v) is 14.8. The highest BCUT2D eigenvalue weighted by Gasteiger charge is 2.34. The van der Waals surface area contributed by atoms with E-state index in [0.717, 1.165) is 37.9 Å². The van der Waals surface area contributed by atoms with Gasteiger partial charge in [0.1, 0.15) is 5.75 Å². The lowest BCUT2D eigenvalue weighted by Crippen LogP contribution is -2.46. The van der Waals surface area contributed by atoms with Crippen LogP contribution in [0.2, 0.25) is 0 Å². The summed E-state index contributed by atoms with van der Waals surface area (Å²) in [7, 11) is 1.59. The first-order valence-electron chi connectivity index (χ1n) is 8.84. The molecule has 2 amide bonds. The predicted octanol–water partition coefficient (Wildman–Crippen LogP) is 2.90. The molecule has 1 aromatic rings. The smallest absolute Gasteiger partial charge is 0.251 e. The van der Waals surface area contributed by atoms with Gasteiger partial charge in [-0.1, -0.05) is 20.3 Å². The van der Waals surface area contributed by atoms with Crippen molar-refractivity contribution in [2.45, 2.75) is 58.0 Å². The van der Waals surface area contributed by atoms with E-state index in [2.05, 4.69) is 24.5 Å². The molecule has 1 aliphatic carbocycles. The summed E-state index contributed by atoms with van der Waals surface area (Å²) in [5.41, 5.74) is 0.585. The normalized spacial score (nSPS) is 20.0. The molecule has 0 unspecified atom stereocenters. The Morgan fingerprint density at radius 2 is 1.83 bits per heavy atom. The van der Waals surface area contributed by atoms with Gasteiger partial charge in [0.25, 0.3) is 5.91 Å². The Labute approximate surface area is 144 Å². The van der Waals surface area contributed by atoms with Gasteiger partial charge >= 0.3 is 0 Å². The minimum Gasteiger partial charge on any atom is -0.497 e. The maximum absolute atomic E-state index is 12.5. The molecule has 1 aromatic carbocycles. The first kappa shape index (κ1) is 18.3. The van der Waals surface area contributed by atoms with E-state index in [1.54, 1.807) is 31.4 Å². The van der Waals surface area contributed by atoms with E-state index >= 15 is 0 Å². The molecule has 132 valence electrons. The van der Waals surface area contributed by atoms with Crippen molar-refractivity contribution in [2.75, 3.05) is 7.11 Å². The molecule has 0 bridgehead atoms. The van der Waals surface area contributed by atoms with Crippen molar-refractivity contribution in [3.8, 4) is 5.75 Å². The van der Waals surface area contributed by atoms with E-state index in [9.17, 15) is 9.59 Å². The third-order valence-corrected chi connectivity index (χ3v) is 4.85. The Hall–Kier alpha value is -2.04. The number of methoxy groups -OCH3 is 1. The zero-order chi connectivity index (χ0) is 17.5. The molecular formula is C19H28N2O3. The van der Waals surface area contributed by atoms with Crippen LogP contribution in [-0.2, 0) is 4.79 Å². The number of carbonyl (C=O) groups is 2. The number of nitrogens with one attached hydrogen (secondary N) is 2. The van der Waals surface area contributed by atoms with Crippen molar-refractivity contribution < 1.29 is 14.3 Å². The van der Waals surface area contributed by atoms with Gasteiger partial charge in [-0.2, -0.15) is 0 Å². The molecule has 0 spiro atoms. The summed E-state index contributed by atoms with van der Waals surface area (Å²) in [6.45, 7) is 4.15. The average Bonchev–Trinajstić information content (AvgIpc) is 3.07. The largest absolute Gasteiger partial charge is 0.497 e. The van der Waals surface area contributed by atoms with Gasteiger partial charge in [-0.05, 0) is 49.9 Å². The molecule has 0 heterocycles. The lowest BCUT2D eigenvalue weighted by Gasteiger charge is -2.23. The highest BCUT2D eigenvalue weighted by molar-refractivity contribution is 5.95. The molecule has 24 heavy (non-hydrogen) atoms. The maximum atomic E-state index is 12.5. The van der Waals surface area contributed by atoms with Crippen LogP contribution < -0.4 is 15.4 Å². The van der Waals surface area contributed by atoms with Crippen LogP contribution in [0.1, 0.15) is 56.3 Å². The van der Waals surface area contributed by atoms with Crippen LogP contribution in [0.4, 0.5) is 0 Å². The third-order valence-electron chi connectivity index (χ3n) is 4.85. The Kier molecular flexibility index (Phi) is 6.64. The molecule has 2 N–H and O–H groups in total. The number of rotatable bonds is 7. The number of hydrogen-bond acceptors (Lipinski definition) is 3. The van der Waals surface area contributed by atoms with Gasteiger partial charge in [0.2, 0.25) is 5.91 Å². The number of benzene rings is 1. The summed E-state index contributed by atoms with van der Waals surface area (Å²) >= 11 is 0. The lowest BCUT2D eigenvalue weighted by atomic mass is 10.0. The molecule has 2 rings (SSSR count). The van der Waals surface area contributed by atoms with Crippen molar-refractivity contribution in [3.63, 3.8) is 0 Å². The van der Waals surface area contributed by atoms with Crippen molar-refractivity contribution in [2.24, 2.45) is 5.92 Å². The number of amides is 2. The number of ether oxygens (including phenoxy) is 1. The van der Waals surface area contributed by atoms with Crippen molar-refractivity contribution in [3.05, 3.63) is 29.8 Å². The van der Waals surface area contributed by atoms with E-state index in [-0.39, 0.29) is 29.8 Å². The highest BCUT2D eigenvalue weighted by Crippen LogP contribution is 2.26. The summed E-state index contributed by atoms with van der Waals surface area (Å²) in [5, 5.41) is 6.14. The summed E-state index contributed by atoms with van der Waals surface area (Å²) in [6.07, 6.45) is 4.51. The van der Waals surface area contributed by atoms with Gasteiger partial charge in [-0.3, -0.25) is 9.59 Å². The first-order valence-corrected chi connectivity index (χ1v) is 8.84. The highest BCUT2D eigenvalue weighted by atomic mass is 16.5. The fourth-order valence-corrected chi connectivity index (χ4v) is 3.24. The second-order valence-corrected chi connectivity index (χ2v) is 6.37. The van der Waals surface area contributed by atoms with E-state index < -0.39 is 0 Å². The van der Waals surface area contributed by atoms with Gasteiger partial charge < -0.3 is 15.4 Å². The first-order chi connectivity index (χ1) is 11.6. The van der Waals surface area contributed by atoms with Crippen molar-refractivity contribution >= 4 is 11.8 Å². The van der Waals surface area contributed by atoms with Crippen LogP contribution in [-0.4, -0.2) is 31.0 Å². The number of hydrogen-bond donors (Lipinski definition) is 2. The monoisotopic (exact) mass is 332 g/mol. The molecule has 0 aromatic heterocycles. The molecule has 0 saturated heterocycles. The van der Waals surface area contributed by atoms with E-state index in [0.29, 0.717) is 5.56 Å². The lowest BCUT2D eigenvalue weighted by molar-refractivity contribution is -0.126. The average molecular weight is 332 g/mol. The molecule has 2 atom stereocenters. The topological polar surface area (TPSA) is 67.4 Å². The van der Waals surface area contributed by atoms with Crippen LogP contribution in [0.15, 0.2) is 24.3 Å². The second kappa shape index (κ2) is 8.71. The Balaban J connectivity index is 1.96. The molecular weight excluding hydrogens is 304 g/mol. The van der Waals surface area contributed by atoms with Gasteiger partial charge in [-0.15, -0.1) is 0 Å². The molecule has 1 fully saturated rings. The van der Waals surface area contributed by atoms with Gasteiger partial charge in [0.15, 0.2) is 0 Å². The van der Waals surface area contributed by atoms with Crippen molar-refractivity contribution in [1.29, 1.82) is 0 Å². The van der Waals surface area contributed by atoms with Crippen LogP contribution in [0.3, 0.4) is 0 Å². The van der Waals surface area contributed by atoms with E-state index in [1.807, 2.05) is 0 Å². The summed E-state index contributed by atoms with van der Waals surface area (Å²) in [4.78, 5) is 24.9. The summed E-state index contributed by atoms with van der Waals surface area (Å²) < 4.78 is 5.10. The van der Waals surface area contributed by atoms with Crippen LogP contribution >= 0.6 is 0 Å². The van der Waals surface area contributed by atoms with Gasteiger partial charge in [0.05, 0.1) is 13.0 Å². The second-order valence-electron chi connectivity index (χ2n) is 6.37. The van der Waals surface area contributed by atoms with Crippen molar-refractivity contribution in [1.82, 2.24) is 10.6 Å². The minimum atomic E-state index is -0.134. The van der Waals surface area contributed by atoms with Gasteiger partial charge in [0, 0.05) is 17.6 Å². The molecule has 5 nitrogen and oxygen atoms in total. The molecule has 1 saturated carbocycles. The maximum Gasteiger partial charge on any atom is 0.251 e. The molecule has 5 heteroatoms. The SMILES string of the molecule is CCC(CC)NC(=O)[C@H]1CCC[C@H]1NC(=O)c1ccc(OC)cc1. The quantitative estimate of drug-likeness (QED) is 0.807. The Morgan fingerprint density at radius 1 is 1.17 bits per heavy atom. The predicted molar refractivity (Wildman–Crippen MR) is 94.1 cm³/mol. The zero-order valence-electron chi connectivity index (χ0n) is 14.8. The molecule has 0 aliphatic heterocycles. The van der Waals surface area contributed by atoms with Crippen LogP contribution in [0.5, 0.6) is 5.75 Å². The van der Waals surface area contributed by atoms with Crippen LogP contribution in [0.25, 0.3) is 0 Å². The van der Waals surface area contributed by atoms with E-state index in [1.165, 1.54) is 0 Å². The van der Waals surface area contributed by atoms with Crippen LogP contribution in [0, 0.1) is 5.92 Å². The third kappa shape index (κ3) is 4.49. The standard InChI is InChI=1S/C19H28N2O3/c1-4-14(5-2)20-19(23)16-7-6-8-17(16)21-18(22)13-9-11-15(24-3)12-10-13/h9-12,14,16-17H,4-8H2,1-3H3,(H,20,23)(H,21,22)/t16-,17+/m0/s1.